The molecule has 108 valence electrons. The summed E-state index contributed by atoms with van der Waals surface area (Å²) in [6.07, 6.45) is 1.60. The highest BCUT2D eigenvalue weighted by Gasteiger charge is 2.25. The van der Waals surface area contributed by atoms with Crippen LogP contribution in [0.5, 0.6) is 0 Å². The SMILES string of the molecule is CCCCN(CCO)S(=O)(=O)c1ccc(N)cc1Cl. The molecule has 1 aromatic carbocycles. The third-order valence-corrected chi connectivity index (χ3v) is 5.07. The highest BCUT2D eigenvalue weighted by Crippen LogP contribution is 2.26. The quantitative estimate of drug-likeness (QED) is 0.751. The minimum Gasteiger partial charge on any atom is -0.399 e. The predicted molar refractivity (Wildman–Crippen MR) is 76.6 cm³/mol. The lowest BCUT2D eigenvalue weighted by Gasteiger charge is -2.21. The molecule has 19 heavy (non-hydrogen) atoms. The van der Waals surface area contributed by atoms with Crippen molar-refractivity contribution in [2.24, 2.45) is 0 Å². The van der Waals surface area contributed by atoms with Crippen LogP contribution in [0, 0.1) is 0 Å². The first kappa shape index (κ1) is 16.2. The molecule has 0 aliphatic carbocycles. The monoisotopic (exact) mass is 306 g/mol. The number of nitrogens with zero attached hydrogens (tertiary/aromatic N) is 1. The minimum absolute atomic E-state index is 0.0212. The van der Waals surface area contributed by atoms with Gasteiger partial charge in [0.15, 0.2) is 0 Å². The van der Waals surface area contributed by atoms with Crippen LogP contribution in [-0.4, -0.2) is 37.5 Å². The Morgan fingerprint density at radius 1 is 1.37 bits per heavy atom. The topological polar surface area (TPSA) is 83.6 Å². The Bertz CT molecular complexity index is 520. The molecule has 1 rings (SSSR count). The summed E-state index contributed by atoms with van der Waals surface area (Å²) in [7, 11) is -3.70. The molecule has 3 N–H and O–H groups in total. The molecule has 0 spiro atoms. The summed E-state index contributed by atoms with van der Waals surface area (Å²) >= 11 is 5.94. The van der Waals surface area contributed by atoms with E-state index in [1.165, 1.54) is 22.5 Å². The number of sulfonamides is 1. The number of hydrogen-bond acceptors (Lipinski definition) is 4. The van der Waals surface area contributed by atoms with E-state index >= 15 is 0 Å². The average molecular weight is 307 g/mol. The molecule has 0 saturated heterocycles. The summed E-state index contributed by atoms with van der Waals surface area (Å²) in [5.74, 6) is 0. The molecule has 0 aliphatic rings. The van der Waals surface area contributed by atoms with Gasteiger partial charge in [0.25, 0.3) is 0 Å². The fourth-order valence-corrected chi connectivity index (χ4v) is 3.66. The van der Waals surface area contributed by atoms with Crippen molar-refractivity contribution >= 4 is 27.3 Å². The molecule has 0 bridgehead atoms. The molecule has 0 heterocycles. The maximum absolute atomic E-state index is 12.4. The molecule has 0 unspecified atom stereocenters. The third-order valence-electron chi connectivity index (χ3n) is 2.68. The van der Waals surface area contributed by atoms with Gasteiger partial charge in [0.2, 0.25) is 10.0 Å². The van der Waals surface area contributed by atoms with E-state index in [9.17, 15) is 8.42 Å². The van der Waals surface area contributed by atoms with Gasteiger partial charge in [-0.15, -0.1) is 0 Å². The summed E-state index contributed by atoms with van der Waals surface area (Å²) in [5.41, 5.74) is 5.96. The first-order valence-corrected chi connectivity index (χ1v) is 7.91. The van der Waals surface area contributed by atoms with Crippen molar-refractivity contribution in [2.75, 3.05) is 25.4 Å². The third kappa shape index (κ3) is 4.07. The maximum Gasteiger partial charge on any atom is 0.244 e. The second-order valence-corrected chi connectivity index (χ2v) is 6.48. The molecule has 0 radical (unpaired) electrons. The van der Waals surface area contributed by atoms with Crippen LogP contribution >= 0.6 is 11.6 Å². The molecule has 0 amide bonds. The molecule has 5 nitrogen and oxygen atoms in total. The van der Waals surface area contributed by atoms with Crippen molar-refractivity contribution in [1.82, 2.24) is 4.31 Å². The summed E-state index contributed by atoms with van der Waals surface area (Å²) in [6, 6.07) is 4.30. The van der Waals surface area contributed by atoms with E-state index in [1.54, 1.807) is 0 Å². The lowest BCUT2D eigenvalue weighted by atomic mass is 10.3. The van der Waals surface area contributed by atoms with Gasteiger partial charge in [0.1, 0.15) is 4.90 Å². The Kier molecular flexibility index (Phi) is 6.06. The second-order valence-electron chi connectivity index (χ2n) is 4.17. The number of aliphatic hydroxyl groups excluding tert-OH is 1. The van der Waals surface area contributed by atoms with E-state index in [-0.39, 0.29) is 23.1 Å². The number of nitrogen functional groups attached to an aromatic ring is 1. The van der Waals surface area contributed by atoms with Crippen LogP contribution in [0.15, 0.2) is 23.1 Å². The van der Waals surface area contributed by atoms with Gasteiger partial charge in [0, 0.05) is 18.8 Å². The van der Waals surface area contributed by atoms with Crippen molar-refractivity contribution < 1.29 is 13.5 Å². The summed E-state index contributed by atoms with van der Waals surface area (Å²) in [5, 5.41) is 9.10. The molecule has 0 saturated carbocycles. The summed E-state index contributed by atoms with van der Waals surface area (Å²) in [6.45, 7) is 2.17. The Morgan fingerprint density at radius 3 is 2.58 bits per heavy atom. The van der Waals surface area contributed by atoms with Crippen molar-refractivity contribution in [3.8, 4) is 0 Å². The Hall–Kier alpha value is -0.820. The van der Waals surface area contributed by atoms with Crippen LogP contribution in [0.3, 0.4) is 0 Å². The Morgan fingerprint density at radius 2 is 2.05 bits per heavy atom. The fraction of sp³-hybridized carbons (Fsp3) is 0.500. The van der Waals surface area contributed by atoms with Gasteiger partial charge in [-0.25, -0.2) is 8.42 Å². The van der Waals surface area contributed by atoms with Crippen molar-refractivity contribution in [3.05, 3.63) is 23.2 Å². The zero-order valence-electron chi connectivity index (χ0n) is 10.8. The van der Waals surface area contributed by atoms with Crippen LogP contribution < -0.4 is 5.73 Å². The maximum atomic E-state index is 12.4. The largest absolute Gasteiger partial charge is 0.399 e. The van der Waals surface area contributed by atoms with Gasteiger partial charge in [-0.05, 0) is 24.6 Å². The average Bonchev–Trinajstić information content (AvgIpc) is 2.33. The van der Waals surface area contributed by atoms with Crippen LogP contribution in [0.4, 0.5) is 5.69 Å². The zero-order valence-corrected chi connectivity index (χ0v) is 12.4. The van der Waals surface area contributed by atoms with E-state index < -0.39 is 10.0 Å². The van der Waals surface area contributed by atoms with Crippen LogP contribution in [0.1, 0.15) is 19.8 Å². The number of anilines is 1. The van der Waals surface area contributed by atoms with E-state index in [4.69, 9.17) is 22.4 Å². The number of benzene rings is 1. The number of unbranched alkanes of at least 4 members (excludes halogenated alkanes) is 1. The Balaban J connectivity index is 3.11. The molecular weight excluding hydrogens is 288 g/mol. The van der Waals surface area contributed by atoms with E-state index in [1.807, 2.05) is 6.92 Å². The molecule has 0 aliphatic heterocycles. The van der Waals surface area contributed by atoms with Crippen molar-refractivity contribution in [3.63, 3.8) is 0 Å². The molecular formula is C12H19ClN2O3S. The summed E-state index contributed by atoms with van der Waals surface area (Å²) < 4.78 is 26.1. The molecule has 0 fully saturated rings. The predicted octanol–water partition coefficient (Wildman–Crippen LogP) is 1.71. The minimum atomic E-state index is -3.70. The van der Waals surface area contributed by atoms with E-state index in [0.717, 1.165) is 12.8 Å². The van der Waals surface area contributed by atoms with E-state index in [2.05, 4.69) is 0 Å². The lowest BCUT2D eigenvalue weighted by molar-refractivity contribution is 0.252. The fourth-order valence-electron chi connectivity index (χ4n) is 1.66. The smallest absolute Gasteiger partial charge is 0.244 e. The van der Waals surface area contributed by atoms with Crippen LogP contribution in [-0.2, 0) is 10.0 Å². The standard InChI is InChI=1S/C12H19ClN2O3S/c1-2-3-6-15(7-8-16)19(17,18)12-5-4-10(14)9-11(12)13/h4-5,9,16H,2-3,6-8,14H2,1H3. The number of nitrogens with two attached hydrogens (primary N) is 1. The first-order chi connectivity index (χ1) is 8.93. The van der Waals surface area contributed by atoms with Gasteiger partial charge in [-0.2, -0.15) is 4.31 Å². The highest BCUT2D eigenvalue weighted by atomic mass is 35.5. The number of rotatable bonds is 7. The molecule has 0 atom stereocenters. The molecule has 1 aromatic rings. The van der Waals surface area contributed by atoms with Gasteiger partial charge < -0.3 is 10.8 Å². The second kappa shape index (κ2) is 7.09. The van der Waals surface area contributed by atoms with Crippen molar-refractivity contribution in [1.29, 1.82) is 0 Å². The van der Waals surface area contributed by atoms with Crippen molar-refractivity contribution in [2.45, 2.75) is 24.7 Å². The number of halogens is 1. The van der Waals surface area contributed by atoms with E-state index in [0.29, 0.717) is 12.2 Å². The van der Waals surface area contributed by atoms with Gasteiger partial charge in [0.05, 0.1) is 11.6 Å². The normalized spacial score (nSPS) is 12.0. The molecule has 7 heteroatoms. The summed E-state index contributed by atoms with van der Waals surface area (Å²) in [4.78, 5) is 0.0212. The highest BCUT2D eigenvalue weighted by molar-refractivity contribution is 7.89. The first-order valence-electron chi connectivity index (χ1n) is 6.09. The number of hydrogen-bond donors (Lipinski definition) is 2. The Labute approximate surface area is 119 Å². The zero-order chi connectivity index (χ0) is 14.5. The van der Waals surface area contributed by atoms with Crippen LogP contribution in [0.25, 0.3) is 0 Å². The number of aliphatic hydroxyl groups is 1. The molecule has 0 aromatic heterocycles. The van der Waals surface area contributed by atoms with Gasteiger partial charge in [-0.1, -0.05) is 24.9 Å². The lowest BCUT2D eigenvalue weighted by Crippen LogP contribution is -2.34. The van der Waals surface area contributed by atoms with Gasteiger partial charge in [-0.3, -0.25) is 0 Å². The van der Waals surface area contributed by atoms with Crippen LogP contribution in [0.2, 0.25) is 5.02 Å². The van der Waals surface area contributed by atoms with Gasteiger partial charge >= 0.3 is 0 Å².